The first kappa shape index (κ1) is 19.6. The predicted molar refractivity (Wildman–Crippen MR) is 114 cm³/mol. The number of imide groups is 1. The monoisotopic (exact) mass is 420 g/mol. The number of benzene rings is 2. The van der Waals surface area contributed by atoms with E-state index in [1.807, 2.05) is 0 Å². The van der Waals surface area contributed by atoms with Crippen LogP contribution in [0.2, 0.25) is 0 Å². The molecule has 2 bridgehead atoms. The van der Waals surface area contributed by atoms with Crippen molar-refractivity contribution in [2.24, 2.45) is 23.7 Å². The summed E-state index contributed by atoms with van der Waals surface area (Å²) in [5, 5.41) is 2.83. The Kier molecular flexibility index (Phi) is 4.68. The maximum Gasteiger partial charge on any atom is 0.255 e. The molecule has 2 aromatic rings. The summed E-state index contributed by atoms with van der Waals surface area (Å²) in [4.78, 5) is 40.3. The average molecular weight is 420 g/mol. The van der Waals surface area contributed by atoms with E-state index in [2.05, 4.69) is 5.32 Å². The first-order valence-corrected chi connectivity index (χ1v) is 10.5. The van der Waals surface area contributed by atoms with Gasteiger partial charge in [-0.1, -0.05) is 6.07 Å². The summed E-state index contributed by atoms with van der Waals surface area (Å²) < 4.78 is 10.5. The van der Waals surface area contributed by atoms with Crippen molar-refractivity contribution in [2.45, 2.75) is 19.3 Å². The highest BCUT2D eigenvalue weighted by molar-refractivity contribution is 6.23. The third-order valence-corrected chi connectivity index (χ3v) is 6.95. The first-order chi connectivity index (χ1) is 15.0. The Morgan fingerprint density at radius 2 is 1.68 bits per heavy atom. The van der Waals surface area contributed by atoms with Gasteiger partial charge in [0.25, 0.3) is 5.91 Å². The van der Waals surface area contributed by atoms with Crippen molar-refractivity contribution in [3.05, 3.63) is 48.0 Å². The molecule has 1 heterocycles. The Labute approximate surface area is 180 Å². The summed E-state index contributed by atoms with van der Waals surface area (Å²) in [5.41, 5.74) is 1.31. The number of carbonyl (C=O) groups is 3. The number of nitrogens with one attached hydrogen (secondary N) is 1. The third-order valence-electron chi connectivity index (χ3n) is 6.95. The van der Waals surface area contributed by atoms with E-state index in [0.717, 1.165) is 19.3 Å². The number of rotatable bonds is 5. The Morgan fingerprint density at radius 1 is 0.968 bits per heavy atom. The van der Waals surface area contributed by atoms with Gasteiger partial charge >= 0.3 is 0 Å². The summed E-state index contributed by atoms with van der Waals surface area (Å²) >= 11 is 0. The van der Waals surface area contributed by atoms with E-state index in [9.17, 15) is 14.4 Å². The highest BCUT2D eigenvalue weighted by Gasteiger charge is 2.61. The fraction of sp³-hybridized carbons (Fsp3) is 0.375. The Bertz CT molecular complexity index is 1050. The van der Waals surface area contributed by atoms with Crippen LogP contribution >= 0.6 is 0 Å². The molecule has 0 spiro atoms. The molecule has 31 heavy (non-hydrogen) atoms. The van der Waals surface area contributed by atoms with Crippen LogP contribution in [0.3, 0.4) is 0 Å². The topological polar surface area (TPSA) is 84.9 Å². The van der Waals surface area contributed by atoms with Crippen LogP contribution in [0.5, 0.6) is 11.5 Å². The number of hydrogen-bond donors (Lipinski definition) is 1. The number of ether oxygens (including phenoxy) is 2. The quantitative estimate of drug-likeness (QED) is 0.749. The van der Waals surface area contributed by atoms with Gasteiger partial charge in [-0.2, -0.15) is 0 Å². The van der Waals surface area contributed by atoms with Gasteiger partial charge in [0.05, 0.1) is 37.4 Å². The van der Waals surface area contributed by atoms with Crippen LogP contribution in [0.15, 0.2) is 42.5 Å². The van der Waals surface area contributed by atoms with Gasteiger partial charge in [0, 0.05) is 11.6 Å². The fourth-order valence-electron chi connectivity index (χ4n) is 5.55. The van der Waals surface area contributed by atoms with Crippen LogP contribution in [0.4, 0.5) is 11.4 Å². The lowest BCUT2D eigenvalue weighted by Gasteiger charge is -2.19. The SMILES string of the molecule is COc1ccc(NC(=O)c2cccc(N3C(=O)[C@H]4[C@H]5CC[C@@H](C5)[C@@H]4C3=O)c2)c(OC)c1. The van der Waals surface area contributed by atoms with Gasteiger partial charge in [-0.15, -0.1) is 0 Å². The molecule has 0 unspecified atom stereocenters. The van der Waals surface area contributed by atoms with Crippen molar-refractivity contribution in [1.82, 2.24) is 0 Å². The van der Waals surface area contributed by atoms with Crippen LogP contribution in [0.1, 0.15) is 29.6 Å². The molecule has 2 aliphatic carbocycles. The molecule has 1 N–H and O–H groups in total. The van der Waals surface area contributed by atoms with Gasteiger partial charge in [0.1, 0.15) is 11.5 Å². The lowest BCUT2D eigenvalue weighted by Crippen LogP contribution is -2.33. The molecular formula is C24H24N2O5. The third kappa shape index (κ3) is 3.07. The zero-order chi connectivity index (χ0) is 21.7. The Balaban J connectivity index is 1.39. The molecule has 5 rings (SSSR count). The van der Waals surface area contributed by atoms with Crippen LogP contribution in [0.25, 0.3) is 0 Å². The van der Waals surface area contributed by atoms with Crippen molar-refractivity contribution in [2.75, 3.05) is 24.4 Å². The second-order valence-corrected chi connectivity index (χ2v) is 8.47. The zero-order valence-electron chi connectivity index (χ0n) is 17.5. The summed E-state index contributed by atoms with van der Waals surface area (Å²) in [7, 11) is 3.07. The van der Waals surface area contributed by atoms with E-state index in [4.69, 9.17) is 9.47 Å². The second-order valence-electron chi connectivity index (χ2n) is 8.47. The summed E-state index contributed by atoms with van der Waals surface area (Å²) in [6, 6.07) is 11.8. The second kappa shape index (κ2) is 7.41. The number of hydrogen-bond acceptors (Lipinski definition) is 5. The molecule has 3 fully saturated rings. The van der Waals surface area contributed by atoms with Gasteiger partial charge < -0.3 is 14.8 Å². The molecular weight excluding hydrogens is 396 g/mol. The van der Waals surface area contributed by atoms with E-state index in [1.54, 1.807) is 49.6 Å². The maximum atomic E-state index is 13.1. The van der Waals surface area contributed by atoms with E-state index in [1.165, 1.54) is 12.0 Å². The minimum Gasteiger partial charge on any atom is -0.497 e. The van der Waals surface area contributed by atoms with Crippen LogP contribution < -0.4 is 19.7 Å². The van der Waals surface area contributed by atoms with E-state index < -0.39 is 0 Å². The number of anilines is 2. The molecule has 4 atom stereocenters. The van der Waals surface area contributed by atoms with Gasteiger partial charge in [-0.25, -0.2) is 0 Å². The van der Waals surface area contributed by atoms with E-state index >= 15 is 0 Å². The molecule has 0 aromatic heterocycles. The molecule has 2 aromatic carbocycles. The number of fused-ring (bicyclic) bond motifs is 5. The van der Waals surface area contributed by atoms with Gasteiger partial charge in [-0.3, -0.25) is 19.3 Å². The number of carbonyl (C=O) groups excluding carboxylic acids is 3. The number of nitrogens with zero attached hydrogens (tertiary/aromatic N) is 1. The first-order valence-electron chi connectivity index (χ1n) is 10.5. The smallest absolute Gasteiger partial charge is 0.255 e. The minimum atomic E-state index is -0.357. The highest BCUT2D eigenvalue weighted by atomic mass is 16.5. The van der Waals surface area contributed by atoms with Crippen LogP contribution in [-0.4, -0.2) is 31.9 Å². The van der Waals surface area contributed by atoms with E-state index in [-0.39, 0.29) is 29.6 Å². The summed E-state index contributed by atoms with van der Waals surface area (Å²) in [5.74, 6) is 0.771. The van der Waals surface area contributed by atoms with Gasteiger partial charge in [0.2, 0.25) is 11.8 Å². The number of methoxy groups -OCH3 is 2. The van der Waals surface area contributed by atoms with Crippen molar-refractivity contribution in [1.29, 1.82) is 0 Å². The zero-order valence-corrected chi connectivity index (χ0v) is 17.5. The molecule has 160 valence electrons. The van der Waals surface area contributed by atoms with Gasteiger partial charge in [0.15, 0.2) is 0 Å². The summed E-state index contributed by atoms with van der Waals surface area (Å²) in [6.07, 6.45) is 3.06. The van der Waals surface area contributed by atoms with Crippen molar-refractivity contribution in [3.8, 4) is 11.5 Å². The maximum absolute atomic E-state index is 13.1. The molecule has 1 aliphatic heterocycles. The average Bonchev–Trinajstić information content (AvgIpc) is 3.47. The largest absolute Gasteiger partial charge is 0.497 e. The lowest BCUT2D eigenvalue weighted by atomic mass is 9.81. The summed E-state index contributed by atoms with van der Waals surface area (Å²) in [6.45, 7) is 0. The Hall–Kier alpha value is -3.35. The molecule has 7 nitrogen and oxygen atoms in total. The van der Waals surface area contributed by atoms with Crippen molar-refractivity contribution >= 4 is 29.1 Å². The molecule has 1 saturated heterocycles. The molecule has 0 radical (unpaired) electrons. The highest BCUT2D eigenvalue weighted by Crippen LogP contribution is 2.56. The molecule has 3 amide bonds. The van der Waals surface area contributed by atoms with E-state index in [0.29, 0.717) is 40.3 Å². The van der Waals surface area contributed by atoms with Crippen LogP contribution in [0, 0.1) is 23.7 Å². The standard InChI is InChI=1S/C24H24N2O5/c1-30-17-8-9-18(19(12-17)31-2)25-22(27)15-4-3-5-16(11-15)26-23(28)20-13-6-7-14(10-13)21(20)24(26)29/h3-5,8-9,11-14,20-21H,6-7,10H2,1-2H3,(H,25,27)/t13-,14-,20-,21-/m0/s1. The van der Waals surface area contributed by atoms with Crippen molar-refractivity contribution in [3.63, 3.8) is 0 Å². The molecule has 2 saturated carbocycles. The normalized spacial score (nSPS) is 26.2. The van der Waals surface area contributed by atoms with Crippen LogP contribution in [-0.2, 0) is 9.59 Å². The van der Waals surface area contributed by atoms with Gasteiger partial charge in [-0.05, 0) is 61.4 Å². The predicted octanol–water partition coefficient (Wildman–Crippen LogP) is 3.49. The van der Waals surface area contributed by atoms with Crippen molar-refractivity contribution < 1.29 is 23.9 Å². The lowest BCUT2D eigenvalue weighted by molar-refractivity contribution is -0.123. The molecule has 7 heteroatoms. The fourth-order valence-corrected chi connectivity index (χ4v) is 5.55. The molecule has 3 aliphatic rings. The number of amides is 3. The Morgan fingerprint density at radius 3 is 2.32 bits per heavy atom. The minimum absolute atomic E-state index is 0.114.